The van der Waals surface area contributed by atoms with Gasteiger partial charge in [-0.2, -0.15) is 0 Å². The van der Waals surface area contributed by atoms with Gasteiger partial charge in [-0.25, -0.2) is 0 Å². The second kappa shape index (κ2) is 3.61. The highest BCUT2D eigenvalue weighted by atomic mass is 35.5. The van der Waals surface area contributed by atoms with E-state index in [1.165, 1.54) is 0 Å². The molecule has 1 heterocycles. The van der Waals surface area contributed by atoms with Gasteiger partial charge in [-0.05, 0) is 18.1 Å². The lowest BCUT2D eigenvalue weighted by molar-refractivity contribution is -0.116. The average Bonchev–Trinajstić information content (AvgIpc) is 2.14. The van der Waals surface area contributed by atoms with Gasteiger partial charge >= 0.3 is 0 Å². The second-order valence-corrected chi connectivity index (χ2v) is 4.22. The van der Waals surface area contributed by atoms with Crippen LogP contribution in [-0.4, -0.2) is 5.91 Å². The smallest absolute Gasteiger partial charge is 0.224 e. The van der Waals surface area contributed by atoms with Crippen molar-refractivity contribution in [2.24, 2.45) is 0 Å². The van der Waals surface area contributed by atoms with E-state index in [2.05, 4.69) is 5.32 Å². The molecular formula is C9H6Cl3NO. The van der Waals surface area contributed by atoms with E-state index < -0.39 is 0 Å². The molecular weight excluding hydrogens is 244 g/mol. The molecule has 0 saturated carbocycles. The van der Waals surface area contributed by atoms with Gasteiger partial charge in [-0.3, -0.25) is 4.79 Å². The molecule has 0 atom stereocenters. The normalized spacial score (nSPS) is 14.9. The number of nitrogens with one attached hydrogen (secondary N) is 1. The van der Waals surface area contributed by atoms with Crippen molar-refractivity contribution in [3.8, 4) is 0 Å². The Labute approximate surface area is 96.1 Å². The molecule has 1 aromatic carbocycles. The van der Waals surface area contributed by atoms with E-state index in [1.807, 2.05) is 0 Å². The van der Waals surface area contributed by atoms with Crippen LogP contribution in [0.15, 0.2) is 6.07 Å². The average molecular weight is 251 g/mol. The Kier molecular flexibility index (Phi) is 2.60. The molecule has 0 radical (unpaired) electrons. The van der Waals surface area contributed by atoms with Crippen molar-refractivity contribution in [3.05, 3.63) is 26.7 Å². The summed E-state index contributed by atoms with van der Waals surface area (Å²) in [6.45, 7) is 0. The van der Waals surface area contributed by atoms with Gasteiger partial charge in [0.2, 0.25) is 5.91 Å². The fourth-order valence-electron chi connectivity index (χ4n) is 1.44. The fourth-order valence-corrected chi connectivity index (χ4v) is 2.16. The van der Waals surface area contributed by atoms with E-state index in [1.54, 1.807) is 6.07 Å². The second-order valence-electron chi connectivity index (χ2n) is 3.06. The Morgan fingerprint density at radius 3 is 2.57 bits per heavy atom. The number of carbonyl (C=O) groups excluding carboxylic acids is 1. The molecule has 0 fully saturated rings. The minimum absolute atomic E-state index is 0.0213. The Hall–Kier alpha value is -0.440. The Balaban J connectivity index is 2.59. The van der Waals surface area contributed by atoms with Gasteiger partial charge in [-0.1, -0.05) is 34.8 Å². The van der Waals surface area contributed by atoms with Gasteiger partial charge < -0.3 is 5.32 Å². The van der Waals surface area contributed by atoms with Crippen LogP contribution >= 0.6 is 34.8 Å². The molecule has 1 aliphatic rings. The van der Waals surface area contributed by atoms with Crippen LogP contribution in [0.3, 0.4) is 0 Å². The predicted octanol–water partition coefficient (Wildman–Crippen LogP) is 3.53. The van der Waals surface area contributed by atoms with Crippen LogP contribution in [-0.2, 0) is 11.2 Å². The van der Waals surface area contributed by atoms with Crippen LogP contribution in [0.5, 0.6) is 0 Å². The van der Waals surface area contributed by atoms with Gasteiger partial charge in [0, 0.05) is 12.1 Å². The maximum absolute atomic E-state index is 11.1. The summed E-state index contributed by atoms with van der Waals surface area (Å²) in [5.74, 6) is -0.0213. The first-order valence-corrected chi connectivity index (χ1v) is 5.19. The first kappa shape index (κ1) is 10.1. The van der Waals surface area contributed by atoms with E-state index in [0.717, 1.165) is 5.56 Å². The number of hydrogen-bond donors (Lipinski definition) is 1. The number of amides is 1. The summed E-state index contributed by atoms with van der Waals surface area (Å²) in [4.78, 5) is 11.1. The van der Waals surface area contributed by atoms with E-state index >= 15 is 0 Å². The molecule has 0 aliphatic carbocycles. The van der Waals surface area contributed by atoms with E-state index in [-0.39, 0.29) is 5.91 Å². The summed E-state index contributed by atoms with van der Waals surface area (Å²) in [6.07, 6.45) is 1.04. The maximum Gasteiger partial charge on any atom is 0.224 e. The van der Waals surface area contributed by atoms with Gasteiger partial charge in [-0.15, -0.1) is 0 Å². The fraction of sp³-hybridized carbons (Fsp3) is 0.222. The molecule has 1 aliphatic heterocycles. The third-order valence-electron chi connectivity index (χ3n) is 2.14. The summed E-state index contributed by atoms with van der Waals surface area (Å²) in [7, 11) is 0. The number of carbonyl (C=O) groups is 1. The molecule has 1 amide bonds. The van der Waals surface area contributed by atoms with Crippen LogP contribution in [0, 0.1) is 0 Å². The lowest BCUT2D eigenvalue weighted by Gasteiger charge is -2.19. The SMILES string of the molecule is O=C1CCc2c(cc(Cl)c(Cl)c2Cl)N1. The Morgan fingerprint density at radius 2 is 1.86 bits per heavy atom. The van der Waals surface area contributed by atoms with E-state index in [0.29, 0.717) is 33.6 Å². The molecule has 1 N–H and O–H groups in total. The predicted molar refractivity (Wildman–Crippen MR) is 58.4 cm³/mol. The number of halogens is 3. The van der Waals surface area contributed by atoms with Crippen molar-refractivity contribution >= 4 is 46.4 Å². The van der Waals surface area contributed by atoms with Gasteiger partial charge in [0.1, 0.15) is 0 Å². The van der Waals surface area contributed by atoms with Crippen molar-refractivity contribution in [3.63, 3.8) is 0 Å². The minimum Gasteiger partial charge on any atom is -0.326 e. The first-order valence-electron chi connectivity index (χ1n) is 4.06. The van der Waals surface area contributed by atoms with Crippen LogP contribution in [0.25, 0.3) is 0 Å². The van der Waals surface area contributed by atoms with Crippen molar-refractivity contribution in [2.75, 3.05) is 5.32 Å². The largest absolute Gasteiger partial charge is 0.326 e. The van der Waals surface area contributed by atoms with Gasteiger partial charge in [0.25, 0.3) is 0 Å². The van der Waals surface area contributed by atoms with Crippen molar-refractivity contribution < 1.29 is 4.79 Å². The third-order valence-corrected chi connectivity index (χ3v) is 3.44. The highest BCUT2D eigenvalue weighted by molar-refractivity contribution is 6.48. The number of anilines is 1. The lowest BCUT2D eigenvalue weighted by Crippen LogP contribution is -2.19. The zero-order valence-corrected chi connectivity index (χ0v) is 9.30. The molecule has 2 nitrogen and oxygen atoms in total. The standard InChI is InChI=1S/C9H6Cl3NO/c10-5-3-6-4(8(11)9(5)12)1-2-7(14)13-6/h3H,1-2H2,(H,13,14). The monoisotopic (exact) mass is 249 g/mol. The summed E-state index contributed by atoms with van der Waals surface area (Å²) in [5, 5.41) is 3.85. The topological polar surface area (TPSA) is 29.1 Å². The summed E-state index contributed by atoms with van der Waals surface area (Å²) in [5.41, 5.74) is 1.53. The molecule has 74 valence electrons. The molecule has 0 unspecified atom stereocenters. The number of hydrogen-bond acceptors (Lipinski definition) is 1. The molecule has 14 heavy (non-hydrogen) atoms. The van der Waals surface area contributed by atoms with Gasteiger partial charge in [0.05, 0.1) is 15.1 Å². The highest BCUT2D eigenvalue weighted by Gasteiger charge is 2.20. The maximum atomic E-state index is 11.1. The number of benzene rings is 1. The van der Waals surface area contributed by atoms with Crippen LogP contribution in [0.4, 0.5) is 5.69 Å². The molecule has 0 saturated heterocycles. The zero-order chi connectivity index (χ0) is 10.3. The molecule has 5 heteroatoms. The Morgan fingerprint density at radius 1 is 1.14 bits per heavy atom. The molecule has 1 aromatic rings. The van der Waals surface area contributed by atoms with Crippen LogP contribution < -0.4 is 5.32 Å². The number of rotatable bonds is 0. The van der Waals surface area contributed by atoms with Crippen molar-refractivity contribution in [2.45, 2.75) is 12.8 Å². The minimum atomic E-state index is -0.0213. The summed E-state index contributed by atoms with van der Waals surface area (Å²) in [6, 6.07) is 1.63. The highest BCUT2D eigenvalue weighted by Crippen LogP contribution is 2.39. The van der Waals surface area contributed by atoms with Crippen molar-refractivity contribution in [1.82, 2.24) is 0 Å². The Bertz CT molecular complexity index is 417. The quantitative estimate of drug-likeness (QED) is 0.701. The summed E-state index contributed by atoms with van der Waals surface area (Å²) < 4.78 is 0. The van der Waals surface area contributed by atoms with Crippen LogP contribution in [0.1, 0.15) is 12.0 Å². The van der Waals surface area contributed by atoms with Crippen molar-refractivity contribution in [1.29, 1.82) is 0 Å². The molecule has 0 spiro atoms. The molecule has 0 aromatic heterocycles. The molecule has 0 bridgehead atoms. The lowest BCUT2D eigenvalue weighted by atomic mass is 10.0. The zero-order valence-electron chi connectivity index (χ0n) is 7.03. The molecule has 2 rings (SSSR count). The first-order chi connectivity index (χ1) is 6.59. The van der Waals surface area contributed by atoms with E-state index in [4.69, 9.17) is 34.8 Å². The number of fused-ring (bicyclic) bond motifs is 1. The third kappa shape index (κ3) is 1.58. The van der Waals surface area contributed by atoms with Crippen LogP contribution in [0.2, 0.25) is 15.1 Å². The van der Waals surface area contributed by atoms with Gasteiger partial charge in [0.15, 0.2) is 0 Å². The van der Waals surface area contributed by atoms with E-state index in [9.17, 15) is 4.79 Å². The summed E-state index contributed by atoms with van der Waals surface area (Å²) >= 11 is 17.7.